The van der Waals surface area contributed by atoms with Crippen molar-refractivity contribution >= 4 is 17.7 Å². The summed E-state index contributed by atoms with van der Waals surface area (Å²) in [4.78, 5) is 24.3. The number of carbonyl (C=O) groups excluding carboxylic acids is 1. The zero-order chi connectivity index (χ0) is 16.7. The van der Waals surface area contributed by atoms with Gasteiger partial charge in [0.25, 0.3) is 0 Å². The highest BCUT2D eigenvalue weighted by Gasteiger charge is 2.18. The smallest absolute Gasteiger partial charge is 0.321 e. The summed E-state index contributed by atoms with van der Waals surface area (Å²) >= 11 is 0. The summed E-state index contributed by atoms with van der Waals surface area (Å²) in [5, 5.41) is 11.7. The summed E-state index contributed by atoms with van der Waals surface area (Å²) in [6, 6.07) is 5.17. The van der Waals surface area contributed by atoms with Gasteiger partial charge in [0, 0.05) is 13.6 Å². The maximum absolute atomic E-state index is 12.1. The lowest BCUT2D eigenvalue weighted by atomic mass is 10.2. The first-order valence-electron chi connectivity index (χ1n) is 7.33. The Hall–Kier alpha value is -2.24. The van der Waals surface area contributed by atoms with Gasteiger partial charge in [-0.3, -0.25) is 4.79 Å². The molecule has 0 spiro atoms. The average Bonchev–Trinajstić information content (AvgIpc) is 2.46. The number of nitrogens with zero attached hydrogens (tertiary/aromatic N) is 1. The van der Waals surface area contributed by atoms with E-state index in [1.165, 1.54) is 4.90 Å². The predicted octanol–water partition coefficient (Wildman–Crippen LogP) is 2.97. The molecule has 2 N–H and O–H groups in total. The Bertz CT molecular complexity index is 531. The molecule has 6 heteroatoms. The van der Waals surface area contributed by atoms with Gasteiger partial charge >= 0.3 is 12.0 Å². The molecule has 122 valence electrons. The van der Waals surface area contributed by atoms with Crippen LogP contribution in [0.3, 0.4) is 0 Å². The van der Waals surface area contributed by atoms with Gasteiger partial charge in [-0.15, -0.1) is 0 Å². The van der Waals surface area contributed by atoms with Crippen molar-refractivity contribution in [3.05, 3.63) is 23.8 Å². The number of hydrogen-bond acceptors (Lipinski definition) is 3. The van der Waals surface area contributed by atoms with Crippen LogP contribution in [0.2, 0.25) is 0 Å². The quantitative estimate of drug-likeness (QED) is 0.811. The number of benzene rings is 1. The number of nitrogens with one attached hydrogen (secondary N) is 1. The van der Waals surface area contributed by atoms with Crippen molar-refractivity contribution < 1.29 is 19.4 Å². The molecular formula is C16H24N2O4. The minimum atomic E-state index is -0.929. The Morgan fingerprint density at radius 2 is 2.09 bits per heavy atom. The molecule has 0 aliphatic heterocycles. The molecule has 0 radical (unpaired) electrons. The van der Waals surface area contributed by atoms with Crippen LogP contribution in [-0.4, -0.2) is 42.2 Å². The van der Waals surface area contributed by atoms with Crippen molar-refractivity contribution in [2.75, 3.05) is 25.5 Å². The fourth-order valence-electron chi connectivity index (χ4n) is 1.85. The number of carboxylic acids is 1. The molecule has 0 fully saturated rings. The van der Waals surface area contributed by atoms with E-state index in [1.54, 1.807) is 20.0 Å². The maximum atomic E-state index is 12.1. The number of aliphatic carboxylic acids is 1. The van der Waals surface area contributed by atoms with Crippen LogP contribution < -0.4 is 10.1 Å². The van der Waals surface area contributed by atoms with Gasteiger partial charge in [-0.1, -0.05) is 19.9 Å². The van der Waals surface area contributed by atoms with Gasteiger partial charge < -0.3 is 20.1 Å². The topological polar surface area (TPSA) is 78.9 Å². The second-order valence-corrected chi connectivity index (χ2v) is 5.40. The number of anilines is 1. The normalized spacial score (nSPS) is 11.6. The van der Waals surface area contributed by atoms with E-state index in [1.807, 2.05) is 26.0 Å². The van der Waals surface area contributed by atoms with E-state index in [9.17, 15) is 9.59 Å². The van der Waals surface area contributed by atoms with Crippen molar-refractivity contribution in [3.8, 4) is 5.75 Å². The molecule has 1 aromatic carbocycles. The molecule has 0 aliphatic rings. The number of amides is 2. The molecule has 0 aliphatic carbocycles. The van der Waals surface area contributed by atoms with Gasteiger partial charge in [-0.2, -0.15) is 0 Å². The van der Waals surface area contributed by atoms with Crippen LogP contribution in [0.25, 0.3) is 0 Å². The van der Waals surface area contributed by atoms with E-state index in [0.717, 1.165) is 12.0 Å². The SMILES string of the molecule is CCCOc1cc(C)ccc1NC(=O)N(C)CC(C)C(=O)O. The molecule has 0 bridgehead atoms. The first kappa shape index (κ1) is 17.8. The molecule has 2 amide bonds. The van der Waals surface area contributed by atoms with Gasteiger partial charge in [0.15, 0.2) is 0 Å². The van der Waals surface area contributed by atoms with Crippen LogP contribution in [0.15, 0.2) is 18.2 Å². The lowest BCUT2D eigenvalue weighted by Gasteiger charge is -2.21. The van der Waals surface area contributed by atoms with Crippen molar-refractivity contribution in [1.29, 1.82) is 0 Å². The maximum Gasteiger partial charge on any atom is 0.321 e. The van der Waals surface area contributed by atoms with Gasteiger partial charge in [-0.05, 0) is 31.0 Å². The van der Waals surface area contributed by atoms with Crippen LogP contribution in [0.4, 0.5) is 10.5 Å². The van der Waals surface area contributed by atoms with Crippen LogP contribution in [0.1, 0.15) is 25.8 Å². The minimum absolute atomic E-state index is 0.137. The van der Waals surface area contributed by atoms with Crippen molar-refractivity contribution in [2.24, 2.45) is 5.92 Å². The van der Waals surface area contributed by atoms with Gasteiger partial charge in [0.1, 0.15) is 5.75 Å². The zero-order valence-corrected chi connectivity index (χ0v) is 13.5. The van der Waals surface area contributed by atoms with E-state index >= 15 is 0 Å². The Labute approximate surface area is 131 Å². The Morgan fingerprint density at radius 1 is 1.41 bits per heavy atom. The average molecular weight is 308 g/mol. The molecule has 0 heterocycles. The van der Waals surface area contributed by atoms with E-state index in [-0.39, 0.29) is 12.6 Å². The third kappa shape index (κ3) is 5.27. The molecule has 1 atom stereocenters. The Kier molecular flexibility index (Phi) is 6.69. The molecule has 1 rings (SSSR count). The predicted molar refractivity (Wildman–Crippen MR) is 85.4 cm³/mol. The highest BCUT2D eigenvalue weighted by molar-refractivity contribution is 5.91. The first-order chi connectivity index (χ1) is 10.3. The monoisotopic (exact) mass is 308 g/mol. The summed E-state index contributed by atoms with van der Waals surface area (Å²) in [7, 11) is 1.57. The van der Waals surface area contributed by atoms with Crippen molar-refractivity contribution in [2.45, 2.75) is 27.2 Å². The lowest BCUT2D eigenvalue weighted by molar-refractivity contribution is -0.141. The van der Waals surface area contributed by atoms with Crippen LogP contribution in [-0.2, 0) is 4.79 Å². The molecule has 6 nitrogen and oxygen atoms in total. The summed E-state index contributed by atoms with van der Waals surface area (Å²) < 4.78 is 5.64. The van der Waals surface area contributed by atoms with E-state index in [2.05, 4.69) is 5.32 Å². The van der Waals surface area contributed by atoms with Gasteiger partial charge in [-0.25, -0.2) is 4.79 Å². The summed E-state index contributed by atoms with van der Waals surface area (Å²) in [5.74, 6) is -0.929. The molecule has 0 aromatic heterocycles. The number of urea groups is 1. The van der Waals surface area contributed by atoms with Crippen molar-refractivity contribution in [1.82, 2.24) is 4.90 Å². The number of carboxylic acid groups (broad SMARTS) is 1. The molecule has 22 heavy (non-hydrogen) atoms. The Balaban J connectivity index is 2.76. The largest absolute Gasteiger partial charge is 0.491 e. The standard InChI is InChI=1S/C16H24N2O4/c1-5-8-22-14-9-11(2)6-7-13(14)17-16(21)18(4)10-12(3)15(19)20/h6-7,9,12H,5,8,10H2,1-4H3,(H,17,21)(H,19,20). The highest BCUT2D eigenvalue weighted by Crippen LogP contribution is 2.26. The summed E-state index contributed by atoms with van der Waals surface area (Å²) in [6.45, 7) is 6.23. The fourth-order valence-corrected chi connectivity index (χ4v) is 1.85. The van der Waals surface area contributed by atoms with Crippen LogP contribution in [0, 0.1) is 12.8 Å². The second-order valence-electron chi connectivity index (χ2n) is 5.40. The van der Waals surface area contributed by atoms with Crippen LogP contribution in [0.5, 0.6) is 5.75 Å². The molecule has 1 unspecified atom stereocenters. The van der Waals surface area contributed by atoms with Crippen LogP contribution >= 0.6 is 0 Å². The van der Waals surface area contributed by atoms with E-state index in [0.29, 0.717) is 18.0 Å². The third-order valence-corrected chi connectivity index (χ3v) is 3.16. The number of rotatable bonds is 7. The highest BCUT2D eigenvalue weighted by atomic mass is 16.5. The second kappa shape index (κ2) is 8.26. The Morgan fingerprint density at radius 3 is 2.68 bits per heavy atom. The molecule has 0 saturated carbocycles. The fraction of sp³-hybridized carbons (Fsp3) is 0.500. The van der Waals surface area contributed by atoms with E-state index < -0.39 is 11.9 Å². The van der Waals surface area contributed by atoms with Crippen molar-refractivity contribution in [3.63, 3.8) is 0 Å². The zero-order valence-electron chi connectivity index (χ0n) is 13.5. The molecular weight excluding hydrogens is 284 g/mol. The number of ether oxygens (including phenoxy) is 1. The van der Waals surface area contributed by atoms with Gasteiger partial charge in [0.2, 0.25) is 0 Å². The number of hydrogen-bond donors (Lipinski definition) is 2. The summed E-state index contributed by atoms with van der Waals surface area (Å²) in [6.07, 6.45) is 0.872. The number of aryl methyl sites for hydroxylation is 1. The third-order valence-electron chi connectivity index (χ3n) is 3.16. The van der Waals surface area contributed by atoms with E-state index in [4.69, 9.17) is 9.84 Å². The molecule has 0 saturated heterocycles. The molecule has 1 aromatic rings. The number of carbonyl (C=O) groups is 2. The lowest BCUT2D eigenvalue weighted by Crippen LogP contribution is -2.36. The minimum Gasteiger partial charge on any atom is -0.491 e. The first-order valence-corrected chi connectivity index (χ1v) is 7.33. The van der Waals surface area contributed by atoms with Gasteiger partial charge in [0.05, 0.1) is 18.2 Å². The summed E-state index contributed by atoms with van der Waals surface area (Å²) in [5.41, 5.74) is 1.62.